The van der Waals surface area contributed by atoms with Crippen molar-refractivity contribution >= 4 is 40.8 Å². The number of hydrogen-bond acceptors (Lipinski definition) is 9. The lowest BCUT2D eigenvalue weighted by Gasteiger charge is -2.49. The van der Waals surface area contributed by atoms with E-state index in [1.165, 1.54) is 0 Å². The number of fused-ring (bicyclic) bond motifs is 2. The minimum atomic E-state index is -0.668. The predicted octanol–water partition coefficient (Wildman–Crippen LogP) is 2.83. The molecule has 0 aliphatic carbocycles. The number of amides is 1. The van der Waals surface area contributed by atoms with Gasteiger partial charge in [0.1, 0.15) is 0 Å². The third kappa shape index (κ3) is 3.25. The molecule has 0 aromatic carbocycles. The maximum absolute atomic E-state index is 13.0. The fourth-order valence-electron chi connectivity index (χ4n) is 5.98. The minimum absolute atomic E-state index is 0.0528. The summed E-state index contributed by atoms with van der Waals surface area (Å²) in [7, 11) is 1.91. The Morgan fingerprint density at radius 3 is 2.67 bits per heavy atom. The zero-order valence-corrected chi connectivity index (χ0v) is 21.3. The number of aromatic nitrogens is 4. The van der Waals surface area contributed by atoms with Crippen LogP contribution >= 0.6 is 11.8 Å². The Hall–Kier alpha value is -2.89. The second-order valence-electron chi connectivity index (χ2n) is 10.5. The molecule has 4 aliphatic heterocycles. The highest BCUT2D eigenvalue weighted by Gasteiger charge is 2.53. The number of anilines is 3. The van der Waals surface area contributed by atoms with Gasteiger partial charge in [-0.05, 0) is 37.7 Å². The largest absolute Gasteiger partial charge is 0.378 e. The van der Waals surface area contributed by atoms with Gasteiger partial charge in [0.05, 0.1) is 36.5 Å². The van der Waals surface area contributed by atoms with Crippen LogP contribution in [0.25, 0.3) is 5.65 Å². The molecule has 4 aliphatic rings. The molecule has 2 spiro atoms. The van der Waals surface area contributed by atoms with E-state index in [9.17, 15) is 4.79 Å². The average molecular weight is 508 g/mol. The third-order valence-corrected chi connectivity index (χ3v) is 9.36. The molecule has 7 heterocycles. The van der Waals surface area contributed by atoms with Gasteiger partial charge in [-0.2, -0.15) is 0 Å². The van der Waals surface area contributed by atoms with Crippen molar-refractivity contribution in [3.63, 3.8) is 0 Å². The fourth-order valence-corrected chi connectivity index (χ4v) is 6.94. The molecule has 1 N–H and O–H groups in total. The SMILES string of the molecule is C[C@H]1CC2(CCN(c3ncc(Sc4ccnc5c4NC(=O)C4(COC4)N5C)c4nccn34)CC2)CO1. The van der Waals surface area contributed by atoms with Gasteiger partial charge in [0.25, 0.3) is 5.91 Å². The van der Waals surface area contributed by atoms with E-state index in [1.54, 1.807) is 18.0 Å². The van der Waals surface area contributed by atoms with Gasteiger partial charge in [-0.1, -0.05) is 11.8 Å². The molecular formula is C25H29N7O3S. The van der Waals surface area contributed by atoms with Gasteiger partial charge >= 0.3 is 0 Å². The summed E-state index contributed by atoms with van der Waals surface area (Å²) >= 11 is 1.54. The number of imidazole rings is 1. The van der Waals surface area contributed by atoms with Crippen LogP contribution in [0.2, 0.25) is 0 Å². The summed E-state index contributed by atoms with van der Waals surface area (Å²) in [6.07, 6.45) is 11.2. The molecule has 188 valence electrons. The molecule has 7 rings (SSSR count). The van der Waals surface area contributed by atoms with Gasteiger partial charge in [-0.15, -0.1) is 0 Å². The van der Waals surface area contributed by atoms with Crippen molar-refractivity contribution in [1.29, 1.82) is 0 Å². The molecular weight excluding hydrogens is 478 g/mol. The number of hydrogen-bond donors (Lipinski definition) is 1. The van der Waals surface area contributed by atoms with Crippen LogP contribution in [0.5, 0.6) is 0 Å². The predicted molar refractivity (Wildman–Crippen MR) is 136 cm³/mol. The summed E-state index contributed by atoms with van der Waals surface area (Å²) < 4.78 is 13.3. The second kappa shape index (κ2) is 8.06. The summed E-state index contributed by atoms with van der Waals surface area (Å²) in [6, 6.07) is 1.93. The van der Waals surface area contributed by atoms with Crippen LogP contribution < -0.4 is 15.1 Å². The summed E-state index contributed by atoms with van der Waals surface area (Å²) in [5.74, 6) is 1.62. The smallest absolute Gasteiger partial charge is 0.255 e. The first-order valence-corrected chi connectivity index (χ1v) is 13.3. The normalized spacial score (nSPS) is 24.3. The van der Waals surface area contributed by atoms with Crippen molar-refractivity contribution in [2.45, 2.75) is 47.6 Å². The molecule has 11 heteroatoms. The van der Waals surface area contributed by atoms with Crippen LogP contribution in [0.1, 0.15) is 26.2 Å². The van der Waals surface area contributed by atoms with Gasteiger partial charge in [-0.3, -0.25) is 9.20 Å². The molecule has 0 radical (unpaired) electrons. The molecule has 3 aromatic rings. The number of rotatable bonds is 3. The first kappa shape index (κ1) is 22.3. The lowest BCUT2D eigenvalue weighted by molar-refractivity contribution is -0.138. The zero-order chi connectivity index (χ0) is 24.5. The zero-order valence-electron chi connectivity index (χ0n) is 20.4. The van der Waals surface area contributed by atoms with Crippen molar-refractivity contribution in [1.82, 2.24) is 19.4 Å². The van der Waals surface area contributed by atoms with Gasteiger partial charge in [0.2, 0.25) is 5.95 Å². The van der Waals surface area contributed by atoms with Crippen LogP contribution in [-0.4, -0.2) is 76.9 Å². The van der Waals surface area contributed by atoms with Crippen molar-refractivity contribution < 1.29 is 14.3 Å². The lowest BCUT2D eigenvalue weighted by atomic mass is 9.77. The molecule has 3 saturated heterocycles. The highest BCUT2D eigenvalue weighted by atomic mass is 32.2. The Balaban J connectivity index is 1.17. The quantitative estimate of drug-likeness (QED) is 0.574. The van der Waals surface area contributed by atoms with Crippen LogP contribution in [0, 0.1) is 5.41 Å². The highest BCUT2D eigenvalue weighted by Crippen LogP contribution is 2.46. The van der Waals surface area contributed by atoms with E-state index >= 15 is 0 Å². The monoisotopic (exact) mass is 507 g/mol. The van der Waals surface area contributed by atoms with E-state index in [-0.39, 0.29) is 5.91 Å². The van der Waals surface area contributed by atoms with E-state index in [1.807, 2.05) is 36.6 Å². The molecule has 36 heavy (non-hydrogen) atoms. The fraction of sp³-hybridized carbons (Fsp3) is 0.520. The number of carbonyl (C=O) groups is 1. The standard InChI is InChI=1S/C25H29N7O3S/c1-16-11-24(13-35-16)4-8-31(9-5-24)23-28-12-18(20-27-7-10-32(20)23)36-17-3-6-26-21-19(17)29-22(33)25(30(21)2)14-34-15-25/h3,6-7,10,12,16H,4-5,8-9,11,13-15H2,1-2H3,(H,29,33)/t16-/m0/s1. The molecule has 0 saturated carbocycles. The Morgan fingerprint density at radius 1 is 1.11 bits per heavy atom. The number of ether oxygens (including phenoxy) is 2. The lowest BCUT2D eigenvalue weighted by Crippen LogP contribution is -2.70. The molecule has 0 bridgehead atoms. The summed E-state index contributed by atoms with van der Waals surface area (Å²) in [4.78, 5) is 33.2. The Bertz CT molecular complexity index is 1350. The Labute approximate surface area is 213 Å². The topological polar surface area (TPSA) is 97.1 Å². The maximum Gasteiger partial charge on any atom is 0.255 e. The van der Waals surface area contributed by atoms with Crippen molar-refractivity contribution in [3.05, 3.63) is 30.9 Å². The van der Waals surface area contributed by atoms with Crippen molar-refractivity contribution in [3.8, 4) is 0 Å². The maximum atomic E-state index is 13.0. The van der Waals surface area contributed by atoms with E-state index in [0.29, 0.717) is 24.7 Å². The van der Waals surface area contributed by atoms with Gasteiger partial charge in [-0.25, -0.2) is 15.0 Å². The third-order valence-electron chi connectivity index (χ3n) is 8.29. The molecule has 10 nitrogen and oxygen atoms in total. The van der Waals surface area contributed by atoms with Crippen LogP contribution in [0.3, 0.4) is 0 Å². The summed E-state index contributed by atoms with van der Waals surface area (Å²) in [5.41, 5.74) is 1.23. The number of pyridine rings is 1. The molecule has 1 amide bonds. The first-order chi connectivity index (χ1) is 17.5. The Morgan fingerprint density at radius 2 is 1.94 bits per heavy atom. The van der Waals surface area contributed by atoms with Crippen LogP contribution in [0.4, 0.5) is 17.5 Å². The average Bonchev–Trinajstić information content (AvgIpc) is 3.47. The molecule has 1 atom stereocenters. The van der Waals surface area contributed by atoms with Crippen LogP contribution in [-0.2, 0) is 14.3 Å². The van der Waals surface area contributed by atoms with E-state index < -0.39 is 5.54 Å². The van der Waals surface area contributed by atoms with E-state index in [4.69, 9.17) is 14.5 Å². The molecule has 0 unspecified atom stereocenters. The molecule has 3 aromatic heterocycles. The number of likely N-dealkylation sites (N-methyl/N-ethyl adjacent to an activating group) is 1. The van der Waals surface area contributed by atoms with Gasteiger partial charge in [0.15, 0.2) is 17.0 Å². The van der Waals surface area contributed by atoms with Gasteiger partial charge in [0, 0.05) is 49.8 Å². The number of nitrogens with zero attached hydrogens (tertiary/aromatic N) is 6. The summed E-state index contributed by atoms with van der Waals surface area (Å²) in [5, 5.41) is 3.09. The number of piperidine rings is 1. The van der Waals surface area contributed by atoms with E-state index in [0.717, 1.165) is 71.9 Å². The number of carbonyl (C=O) groups excluding carboxylic acids is 1. The van der Waals surface area contributed by atoms with E-state index in [2.05, 4.69) is 31.5 Å². The molecule has 3 fully saturated rings. The van der Waals surface area contributed by atoms with Crippen molar-refractivity contribution in [2.24, 2.45) is 5.41 Å². The van der Waals surface area contributed by atoms with Crippen molar-refractivity contribution in [2.75, 3.05) is 55.1 Å². The first-order valence-electron chi connectivity index (χ1n) is 12.5. The number of nitrogens with one attached hydrogen (secondary N) is 1. The minimum Gasteiger partial charge on any atom is -0.378 e. The van der Waals surface area contributed by atoms with Gasteiger partial charge < -0.3 is 24.6 Å². The Kier molecular flexibility index (Phi) is 4.99. The second-order valence-corrected chi connectivity index (χ2v) is 11.6. The van der Waals surface area contributed by atoms with Crippen LogP contribution in [0.15, 0.2) is 40.6 Å². The summed E-state index contributed by atoms with van der Waals surface area (Å²) in [6.45, 7) is 5.73. The highest BCUT2D eigenvalue weighted by molar-refractivity contribution is 7.99.